The van der Waals surface area contributed by atoms with Crippen molar-refractivity contribution in [1.82, 2.24) is 10.2 Å². The second kappa shape index (κ2) is 13.3. The minimum atomic E-state index is -0.666. The zero-order chi connectivity index (χ0) is 33.9. The summed E-state index contributed by atoms with van der Waals surface area (Å²) in [5.74, 6) is 0.803. The first kappa shape index (κ1) is 32.7. The number of benzene rings is 3. The van der Waals surface area contributed by atoms with Crippen LogP contribution in [0.15, 0.2) is 62.2 Å². The predicted molar refractivity (Wildman–Crippen MR) is 173 cm³/mol. The fourth-order valence-electron chi connectivity index (χ4n) is 4.86. The summed E-state index contributed by atoms with van der Waals surface area (Å²) in [5.41, 5.74) is 1.60. The van der Waals surface area contributed by atoms with E-state index in [1.54, 1.807) is 24.3 Å². The van der Waals surface area contributed by atoms with Crippen molar-refractivity contribution in [2.75, 3.05) is 47.5 Å². The SMILES string of the molecule is COc1cc(OC)c2c(=O)c(OCC(=O)Nc3nnc(-c4cccc(C(C)(C)C)c4)o3)c(-c3cc(OC)c(OC)c(OC)c3)oc2c1. The van der Waals surface area contributed by atoms with Gasteiger partial charge in [-0.3, -0.25) is 14.9 Å². The molecule has 5 rings (SSSR count). The minimum Gasteiger partial charge on any atom is -0.496 e. The van der Waals surface area contributed by atoms with Crippen molar-refractivity contribution in [3.8, 4) is 57.3 Å². The lowest BCUT2D eigenvalue weighted by Crippen LogP contribution is -2.23. The maximum Gasteiger partial charge on any atom is 0.322 e. The van der Waals surface area contributed by atoms with Gasteiger partial charge < -0.3 is 37.3 Å². The van der Waals surface area contributed by atoms with Crippen LogP contribution in [-0.4, -0.2) is 58.3 Å². The summed E-state index contributed by atoms with van der Waals surface area (Å²) < 4.78 is 45.1. The summed E-state index contributed by atoms with van der Waals surface area (Å²) in [6, 6.07) is 13.8. The summed E-state index contributed by atoms with van der Waals surface area (Å²) in [7, 11) is 7.27. The summed E-state index contributed by atoms with van der Waals surface area (Å²) >= 11 is 0. The molecule has 0 radical (unpaired) electrons. The Balaban J connectivity index is 1.50. The molecule has 13 nitrogen and oxygen atoms in total. The van der Waals surface area contributed by atoms with Crippen molar-refractivity contribution in [1.29, 1.82) is 0 Å². The highest BCUT2D eigenvalue weighted by Gasteiger charge is 2.25. The van der Waals surface area contributed by atoms with Crippen LogP contribution in [0.4, 0.5) is 6.01 Å². The van der Waals surface area contributed by atoms with Crippen LogP contribution in [0.2, 0.25) is 0 Å². The molecule has 0 saturated heterocycles. The van der Waals surface area contributed by atoms with Gasteiger partial charge >= 0.3 is 6.01 Å². The number of nitrogens with one attached hydrogen (secondary N) is 1. The van der Waals surface area contributed by atoms with E-state index in [9.17, 15) is 9.59 Å². The van der Waals surface area contributed by atoms with Gasteiger partial charge in [-0.25, -0.2) is 0 Å². The molecule has 47 heavy (non-hydrogen) atoms. The van der Waals surface area contributed by atoms with Crippen LogP contribution in [0.5, 0.6) is 34.5 Å². The van der Waals surface area contributed by atoms with Gasteiger partial charge in [0.15, 0.2) is 23.9 Å². The number of methoxy groups -OCH3 is 5. The number of nitrogens with zero attached hydrogens (tertiary/aromatic N) is 2. The Morgan fingerprint density at radius 1 is 0.787 bits per heavy atom. The van der Waals surface area contributed by atoms with Crippen molar-refractivity contribution in [3.63, 3.8) is 0 Å². The first-order valence-corrected chi connectivity index (χ1v) is 14.4. The first-order chi connectivity index (χ1) is 22.5. The molecule has 0 spiro atoms. The molecule has 2 heterocycles. The molecule has 246 valence electrons. The molecule has 0 aliphatic heterocycles. The normalized spacial score (nSPS) is 11.2. The zero-order valence-electron chi connectivity index (χ0n) is 27.3. The van der Waals surface area contributed by atoms with Gasteiger partial charge in [0.05, 0.1) is 35.5 Å². The van der Waals surface area contributed by atoms with Crippen molar-refractivity contribution >= 4 is 22.9 Å². The lowest BCUT2D eigenvalue weighted by atomic mass is 9.86. The molecule has 0 aliphatic carbocycles. The van der Waals surface area contributed by atoms with Crippen LogP contribution < -0.4 is 39.2 Å². The zero-order valence-corrected chi connectivity index (χ0v) is 27.3. The summed E-state index contributed by atoms with van der Waals surface area (Å²) in [6.07, 6.45) is 0. The molecule has 0 bridgehead atoms. The maximum absolute atomic E-state index is 14.0. The minimum absolute atomic E-state index is 0.0105. The molecule has 0 saturated carbocycles. The number of anilines is 1. The van der Waals surface area contributed by atoms with Crippen molar-refractivity contribution < 1.29 is 42.1 Å². The van der Waals surface area contributed by atoms with Crippen LogP contribution in [0.3, 0.4) is 0 Å². The number of carbonyl (C=O) groups is 1. The number of hydrogen-bond acceptors (Lipinski definition) is 12. The van der Waals surface area contributed by atoms with Gasteiger partial charge in [0.25, 0.3) is 5.91 Å². The highest BCUT2D eigenvalue weighted by atomic mass is 16.5. The topological polar surface area (TPSA) is 154 Å². The molecule has 0 unspecified atom stereocenters. The third-order valence-corrected chi connectivity index (χ3v) is 7.27. The standard InChI is InChI=1S/C34H35N3O10/c1-34(2,3)20-11-9-10-18(12-20)32-36-37-33(47-32)35-26(38)17-45-31-28(39)27-22(41-5)15-21(40-4)16-23(27)46-29(31)19-13-24(42-6)30(44-8)25(14-19)43-7/h9-16H,17H2,1-8H3,(H,35,37,38). The van der Waals surface area contributed by atoms with Gasteiger partial charge in [-0.05, 0) is 35.2 Å². The average molecular weight is 646 g/mol. The van der Waals surface area contributed by atoms with Crippen molar-refractivity contribution in [3.05, 3.63) is 64.3 Å². The fourth-order valence-corrected chi connectivity index (χ4v) is 4.86. The molecule has 0 fully saturated rings. The number of aromatic nitrogens is 2. The van der Waals surface area contributed by atoms with Gasteiger partial charge in [0.2, 0.25) is 22.8 Å². The van der Waals surface area contributed by atoms with E-state index < -0.39 is 17.9 Å². The Bertz CT molecular complexity index is 1970. The number of rotatable bonds is 11. The van der Waals surface area contributed by atoms with Gasteiger partial charge in [-0.2, -0.15) is 0 Å². The lowest BCUT2D eigenvalue weighted by Gasteiger charge is -2.19. The summed E-state index contributed by atoms with van der Waals surface area (Å²) in [6.45, 7) is 5.69. The average Bonchev–Trinajstić information content (AvgIpc) is 3.54. The monoisotopic (exact) mass is 645 g/mol. The van der Waals surface area contributed by atoms with Crippen LogP contribution in [-0.2, 0) is 10.2 Å². The highest BCUT2D eigenvalue weighted by Crippen LogP contribution is 2.44. The molecule has 0 aliphatic rings. The van der Waals surface area contributed by atoms with Gasteiger partial charge in [0.1, 0.15) is 22.5 Å². The van der Waals surface area contributed by atoms with E-state index in [2.05, 4.69) is 36.3 Å². The van der Waals surface area contributed by atoms with Crippen LogP contribution >= 0.6 is 0 Å². The van der Waals surface area contributed by atoms with Gasteiger partial charge in [-0.1, -0.05) is 38.0 Å². The largest absolute Gasteiger partial charge is 0.496 e. The number of hydrogen-bond donors (Lipinski definition) is 1. The fraction of sp³-hybridized carbons (Fsp3) is 0.294. The molecule has 0 atom stereocenters. The van der Waals surface area contributed by atoms with Crippen LogP contribution in [0.1, 0.15) is 26.3 Å². The lowest BCUT2D eigenvalue weighted by molar-refractivity contribution is -0.118. The van der Waals surface area contributed by atoms with E-state index in [0.717, 1.165) is 5.56 Å². The third-order valence-electron chi connectivity index (χ3n) is 7.27. The first-order valence-electron chi connectivity index (χ1n) is 14.4. The highest BCUT2D eigenvalue weighted by molar-refractivity contribution is 5.91. The molecular weight excluding hydrogens is 610 g/mol. The number of ether oxygens (including phenoxy) is 6. The molecule has 13 heteroatoms. The molecular formula is C34H35N3O10. The Hall–Kier alpha value is -5.72. The van der Waals surface area contributed by atoms with E-state index in [0.29, 0.717) is 34.1 Å². The van der Waals surface area contributed by atoms with Gasteiger partial charge in [-0.15, -0.1) is 5.10 Å². The maximum atomic E-state index is 14.0. The second-order valence-electron chi connectivity index (χ2n) is 11.3. The van der Waals surface area contributed by atoms with E-state index in [1.807, 2.05) is 24.3 Å². The molecule has 1 N–H and O–H groups in total. The third kappa shape index (κ3) is 6.64. The Morgan fingerprint density at radius 2 is 1.49 bits per heavy atom. The summed E-state index contributed by atoms with van der Waals surface area (Å²) in [5, 5.41) is 10.6. The van der Waals surface area contributed by atoms with Crippen molar-refractivity contribution in [2.24, 2.45) is 0 Å². The van der Waals surface area contributed by atoms with E-state index in [1.165, 1.54) is 35.5 Å². The van der Waals surface area contributed by atoms with E-state index in [4.69, 9.17) is 37.3 Å². The second-order valence-corrected chi connectivity index (χ2v) is 11.3. The molecule has 5 aromatic rings. The Morgan fingerprint density at radius 3 is 2.11 bits per heavy atom. The number of carbonyl (C=O) groups excluding carboxylic acids is 1. The Labute approximate surface area is 270 Å². The summed E-state index contributed by atoms with van der Waals surface area (Å²) in [4.78, 5) is 27.0. The molecule has 1 amide bonds. The smallest absolute Gasteiger partial charge is 0.322 e. The quantitative estimate of drug-likeness (QED) is 0.183. The number of fused-ring (bicyclic) bond motifs is 1. The van der Waals surface area contributed by atoms with E-state index >= 15 is 0 Å². The number of amides is 1. The van der Waals surface area contributed by atoms with Crippen molar-refractivity contribution in [2.45, 2.75) is 26.2 Å². The van der Waals surface area contributed by atoms with Crippen LogP contribution in [0.25, 0.3) is 33.7 Å². The van der Waals surface area contributed by atoms with E-state index in [-0.39, 0.29) is 45.5 Å². The van der Waals surface area contributed by atoms with Crippen LogP contribution in [0, 0.1) is 0 Å². The predicted octanol–water partition coefficient (Wildman–Crippen LogP) is 5.87. The Kier molecular flexibility index (Phi) is 9.27. The molecule has 2 aromatic heterocycles. The van der Waals surface area contributed by atoms with Gasteiger partial charge in [0, 0.05) is 23.3 Å². The molecule has 3 aromatic carbocycles.